The first kappa shape index (κ1) is 13.5. The minimum atomic E-state index is -0.544. The van der Waals surface area contributed by atoms with E-state index in [1.165, 1.54) is 0 Å². The highest BCUT2D eigenvalue weighted by Crippen LogP contribution is 2.39. The zero-order chi connectivity index (χ0) is 13.2. The van der Waals surface area contributed by atoms with E-state index in [1.807, 2.05) is 13.2 Å². The second-order valence-corrected chi connectivity index (χ2v) is 6.38. The molecule has 1 saturated carbocycles. The molecule has 1 aliphatic rings. The summed E-state index contributed by atoms with van der Waals surface area (Å²) in [7, 11) is 1.85. The molecule has 0 spiro atoms. The number of aryl methyl sites for hydroxylation is 1. The van der Waals surface area contributed by atoms with Crippen LogP contribution in [0.5, 0.6) is 0 Å². The molecule has 2 N–H and O–H groups in total. The molecule has 0 saturated heterocycles. The van der Waals surface area contributed by atoms with Crippen LogP contribution in [0.2, 0.25) is 0 Å². The molecule has 1 aromatic heterocycles. The van der Waals surface area contributed by atoms with Gasteiger partial charge in [-0.3, -0.25) is 4.68 Å². The van der Waals surface area contributed by atoms with Crippen LogP contribution in [-0.4, -0.2) is 32.2 Å². The molecule has 5 heteroatoms. The zero-order valence-corrected chi connectivity index (χ0v) is 11.6. The maximum Gasteiger partial charge on any atom is 0.0964 e. The van der Waals surface area contributed by atoms with Gasteiger partial charge < -0.3 is 10.4 Å². The molecular weight excluding hydrogens is 228 g/mol. The molecule has 1 aliphatic carbocycles. The van der Waals surface area contributed by atoms with Crippen molar-refractivity contribution in [3.63, 3.8) is 0 Å². The van der Waals surface area contributed by atoms with Gasteiger partial charge in [0.15, 0.2) is 0 Å². The lowest BCUT2D eigenvalue weighted by Gasteiger charge is -2.40. The van der Waals surface area contributed by atoms with Crippen molar-refractivity contribution >= 4 is 0 Å². The molecule has 0 amide bonds. The summed E-state index contributed by atoms with van der Waals surface area (Å²) in [5, 5.41) is 21.7. The van der Waals surface area contributed by atoms with Crippen LogP contribution in [-0.2, 0) is 13.6 Å². The Morgan fingerprint density at radius 2 is 2.00 bits per heavy atom. The van der Waals surface area contributed by atoms with Crippen molar-refractivity contribution in [3.05, 3.63) is 11.9 Å². The predicted molar refractivity (Wildman–Crippen MR) is 69.9 cm³/mol. The molecule has 0 radical (unpaired) electrons. The minimum Gasteiger partial charge on any atom is -0.389 e. The number of nitrogens with one attached hydrogen (secondary N) is 1. The molecule has 18 heavy (non-hydrogen) atoms. The van der Waals surface area contributed by atoms with Gasteiger partial charge in [-0.2, -0.15) is 0 Å². The Kier molecular flexibility index (Phi) is 3.73. The van der Waals surface area contributed by atoms with E-state index >= 15 is 0 Å². The standard InChI is InChI=1S/C13H24N4O/c1-12(2)4-6-13(18,7-5-12)10-14-8-11-9-17(3)16-15-11/h9,14,18H,4-8,10H2,1-3H3. The molecule has 1 fully saturated rings. The summed E-state index contributed by atoms with van der Waals surface area (Å²) in [6.07, 6.45) is 5.84. The highest BCUT2D eigenvalue weighted by Gasteiger charge is 2.36. The van der Waals surface area contributed by atoms with E-state index in [-0.39, 0.29) is 0 Å². The van der Waals surface area contributed by atoms with E-state index in [1.54, 1.807) is 4.68 Å². The van der Waals surface area contributed by atoms with Crippen LogP contribution in [0.25, 0.3) is 0 Å². The summed E-state index contributed by atoms with van der Waals surface area (Å²) in [6, 6.07) is 0. The summed E-state index contributed by atoms with van der Waals surface area (Å²) in [5.41, 5.74) is 0.756. The smallest absolute Gasteiger partial charge is 0.0964 e. The van der Waals surface area contributed by atoms with Crippen LogP contribution in [0.3, 0.4) is 0 Å². The van der Waals surface area contributed by atoms with Gasteiger partial charge in [0.25, 0.3) is 0 Å². The van der Waals surface area contributed by atoms with E-state index in [0.29, 0.717) is 18.5 Å². The van der Waals surface area contributed by atoms with Crippen molar-refractivity contribution in [2.75, 3.05) is 6.54 Å². The second kappa shape index (κ2) is 4.97. The minimum absolute atomic E-state index is 0.386. The topological polar surface area (TPSA) is 63.0 Å². The van der Waals surface area contributed by atoms with E-state index in [0.717, 1.165) is 31.4 Å². The first-order chi connectivity index (χ1) is 8.39. The third-order valence-electron chi connectivity index (χ3n) is 3.94. The Hall–Kier alpha value is -0.940. The molecule has 5 nitrogen and oxygen atoms in total. The number of aliphatic hydroxyl groups is 1. The Bertz CT molecular complexity index is 389. The SMILES string of the molecule is Cn1cc(CNCC2(O)CCC(C)(C)CC2)nn1. The van der Waals surface area contributed by atoms with Gasteiger partial charge in [-0.05, 0) is 31.1 Å². The molecule has 0 bridgehead atoms. The average molecular weight is 252 g/mol. The molecule has 1 aromatic rings. The van der Waals surface area contributed by atoms with Crippen LogP contribution in [0, 0.1) is 5.41 Å². The maximum atomic E-state index is 10.5. The highest BCUT2D eigenvalue weighted by molar-refractivity contribution is 4.94. The van der Waals surface area contributed by atoms with Gasteiger partial charge in [0, 0.05) is 26.3 Å². The van der Waals surface area contributed by atoms with Crippen molar-refractivity contribution in [3.8, 4) is 0 Å². The normalized spacial score (nSPS) is 22.0. The number of hydrogen-bond donors (Lipinski definition) is 2. The number of rotatable bonds is 4. The summed E-state index contributed by atoms with van der Waals surface area (Å²) in [5.74, 6) is 0. The predicted octanol–water partition coefficient (Wildman–Crippen LogP) is 1.24. The average Bonchev–Trinajstić information content (AvgIpc) is 2.70. The molecule has 0 unspecified atom stereocenters. The lowest BCUT2D eigenvalue weighted by atomic mass is 9.71. The van der Waals surface area contributed by atoms with E-state index in [2.05, 4.69) is 29.5 Å². The molecule has 0 aliphatic heterocycles. The maximum absolute atomic E-state index is 10.5. The fourth-order valence-electron chi connectivity index (χ4n) is 2.47. The van der Waals surface area contributed by atoms with Gasteiger partial charge in [-0.1, -0.05) is 19.1 Å². The van der Waals surface area contributed by atoms with Crippen molar-refractivity contribution in [1.29, 1.82) is 0 Å². The summed E-state index contributed by atoms with van der Waals surface area (Å²) < 4.78 is 1.69. The third kappa shape index (κ3) is 3.53. The molecule has 2 rings (SSSR count). The third-order valence-corrected chi connectivity index (χ3v) is 3.94. The van der Waals surface area contributed by atoms with Crippen molar-refractivity contribution < 1.29 is 5.11 Å². The first-order valence-corrected chi connectivity index (χ1v) is 6.67. The van der Waals surface area contributed by atoms with Crippen molar-refractivity contribution in [1.82, 2.24) is 20.3 Å². The molecule has 0 aromatic carbocycles. The number of nitrogens with zero attached hydrogens (tertiary/aromatic N) is 3. The Morgan fingerprint density at radius 1 is 1.33 bits per heavy atom. The zero-order valence-electron chi connectivity index (χ0n) is 11.6. The molecule has 1 heterocycles. The van der Waals surface area contributed by atoms with Crippen molar-refractivity contribution in [2.45, 2.75) is 51.7 Å². The van der Waals surface area contributed by atoms with Crippen molar-refractivity contribution in [2.24, 2.45) is 12.5 Å². The Balaban J connectivity index is 1.76. The van der Waals surface area contributed by atoms with Crippen LogP contribution in [0.4, 0.5) is 0 Å². The lowest BCUT2D eigenvalue weighted by Crippen LogP contribution is -2.44. The summed E-state index contributed by atoms with van der Waals surface area (Å²) in [4.78, 5) is 0. The Labute approximate surface area is 109 Å². The van der Waals surface area contributed by atoms with E-state index < -0.39 is 5.60 Å². The number of aromatic nitrogens is 3. The van der Waals surface area contributed by atoms with Crippen LogP contribution in [0.15, 0.2) is 6.20 Å². The van der Waals surface area contributed by atoms with Gasteiger partial charge in [-0.25, -0.2) is 0 Å². The summed E-state index contributed by atoms with van der Waals surface area (Å²) >= 11 is 0. The lowest BCUT2D eigenvalue weighted by molar-refractivity contribution is -0.0245. The van der Waals surface area contributed by atoms with Gasteiger partial charge >= 0.3 is 0 Å². The number of hydrogen-bond acceptors (Lipinski definition) is 4. The van der Waals surface area contributed by atoms with Gasteiger partial charge in [0.1, 0.15) is 0 Å². The van der Waals surface area contributed by atoms with Crippen LogP contribution in [0.1, 0.15) is 45.2 Å². The van der Waals surface area contributed by atoms with Crippen LogP contribution >= 0.6 is 0 Å². The Morgan fingerprint density at radius 3 is 2.56 bits per heavy atom. The highest BCUT2D eigenvalue weighted by atomic mass is 16.3. The van der Waals surface area contributed by atoms with E-state index in [9.17, 15) is 5.11 Å². The monoisotopic (exact) mass is 252 g/mol. The fourth-order valence-corrected chi connectivity index (χ4v) is 2.47. The molecule has 0 atom stereocenters. The second-order valence-electron chi connectivity index (χ2n) is 6.38. The van der Waals surface area contributed by atoms with Gasteiger partial charge in [-0.15, -0.1) is 5.10 Å². The van der Waals surface area contributed by atoms with Crippen LogP contribution < -0.4 is 5.32 Å². The fraction of sp³-hybridized carbons (Fsp3) is 0.846. The summed E-state index contributed by atoms with van der Waals surface area (Å²) in [6.45, 7) is 5.86. The van der Waals surface area contributed by atoms with Gasteiger partial charge in [0.05, 0.1) is 11.3 Å². The van der Waals surface area contributed by atoms with E-state index in [4.69, 9.17) is 0 Å². The van der Waals surface area contributed by atoms with Gasteiger partial charge in [0.2, 0.25) is 0 Å². The largest absolute Gasteiger partial charge is 0.389 e. The first-order valence-electron chi connectivity index (χ1n) is 6.67. The quantitative estimate of drug-likeness (QED) is 0.846. The molecular formula is C13H24N4O. The molecule has 102 valence electrons.